The second kappa shape index (κ2) is 10.3. The first-order valence-corrected chi connectivity index (χ1v) is 11.5. The van der Waals surface area contributed by atoms with Gasteiger partial charge in [-0.2, -0.15) is 13.2 Å². The monoisotopic (exact) mass is 519 g/mol. The SMILES string of the molecule is COc1cc2nc(C)nc(N[C@H](C)c3cc(N)cc(C(F)(F)F)c3)c2cc1OC[C@H]1CN(C)C(=O)CO1. The number of ether oxygens (including phenoxy) is 3. The van der Waals surface area contributed by atoms with Crippen LogP contribution >= 0.6 is 0 Å². The van der Waals surface area contributed by atoms with Gasteiger partial charge in [-0.25, -0.2) is 9.97 Å². The number of fused-ring (bicyclic) bond motifs is 1. The van der Waals surface area contributed by atoms with E-state index in [9.17, 15) is 18.0 Å². The first kappa shape index (κ1) is 26.3. The zero-order valence-corrected chi connectivity index (χ0v) is 20.8. The Morgan fingerprint density at radius 3 is 2.65 bits per heavy atom. The van der Waals surface area contributed by atoms with Gasteiger partial charge in [0, 0.05) is 30.7 Å². The summed E-state index contributed by atoms with van der Waals surface area (Å²) in [4.78, 5) is 22.2. The predicted molar refractivity (Wildman–Crippen MR) is 132 cm³/mol. The number of nitrogens with one attached hydrogen (secondary N) is 1. The summed E-state index contributed by atoms with van der Waals surface area (Å²) >= 11 is 0. The van der Waals surface area contributed by atoms with Crippen LogP contribution in [-0.2, 0) is 15.7 Å². The van der Waals surface area contributed by atoms with E-state index in [0.717, 1.165) is 12.1 Å². The number of alkyl halides is 3. The summed E-state index contributed by atoms with van der Waals surface area (Å²) in [6.45, 7) is 3.98. The molecule has 12 heteroatoms. The number of methoxy groups -OCH3 is 1. The molecule has 198 valence electrons. The highest BCUT2D eigenvalue weighted by molar-refractivity contribution is 5.92. The fourth-order valence-corrected chi connectivity index (χ4v) is 4.06. The Bertz CT molecular complexity index is 1320. The van der Waals surface area contributed by atoms with Gasteiger partial charge in [0.1, 0.15) is 31.0 Å². The number of nitrogens with zero attached hydrogens (tertiary/aromatic N) is 3. The van der Waals surface area contributed by atoms with Gasteiger partial charge in [-0.15, -0.1) is 0 Å². The molecule has 1 aliphatic rings. The Morgan fingerprint density at radius 2 is 1.97 bits per heavy atom. The van der Waals surface area contributed by atoms with E-state index in [1.54, 1.807) is 37.9 Å². The summed E-state index contributed by atoms with van der Waals surface area (Å²) in [7, 11) is 3.20. The van der Waals surface area contributed by atoms with Crippen molar-refractivity contribution in [3.05, 3.63) is 47.3 Å². The van der Waals surface area contributed by atoms with Crippen molar-refractivity contribution in [2.45, 2.75) is 32.2 Å². The van der Waals surface area contributed by atoms with Crippen LogP contribution in [-0.4, -0.2) is 60.8 Å². The minimum Gasteiger partial charge on any atom is -0.493 e. The summed E-state index contributed by atoms with van der Waals surface area (Å²) < 4.78 is 57.0. The Morgan fingerprint density at radius 1 is 1.22 bits per heavy atom. The molecule has 1 aromatic heterocycles. The van der Waals surface area contributed by atoms with E-state index in [2.05, 4.69) is 15.3 Å². The third kappa shape index (κ3) is 5.96. The summed E-state index contributed by atoms with van der Waals surface area (Å²) in [5.74, 6) is 1.63. The maximum atomic E-state index is 13.3. The Labute approximate surface area is 211 Å². The number of nitrogen functional groups attached to an aromatic ring is 1. The van der Waals surface area contributed by atoms with E-state index in [4.69, 9.17) is 19.9 Å². The summed E-state index contributed by atoms with van der Waals surface area (Å²) in [5, 5.41) is 3.78. The number of likely N-dealkylation sites (N-methyl/N-ethyl adjacent to an activating group) is 1. The number of amides is 1. The average Bonchev–Trinajstić information content (AvgIpc) is 2.83. The van der Waals surface area contributed by atoms with Gasteiger partial charge in [0.2, 0.25) is 5.91 Å². The van der Waals surface area contributed by atoms with Crippen molar-refractivity contribution in [3.8, 4) is 11.5 Å². The highest BCUT2D eigenvalue weighted by Gasteiger charge is 2.31. The summed E-state index contributed by atoms with van der Waals surface area (Å²) in [6, 6.07) is 6.31. The number of aromatic nitrogens is 2. The Hall–Kier alpha value is -3.80. The molecule has 0 saturated carbocycles. The van der Waals surface area contributed by atoms with E-state index < -0.39 is 17.8 Å². The van der Waals surface area contributed by atoms with E-state index >= 15 is 0 Å². The van der Waals surface area contributed by atoms with Crippen LogP contribution in [0.4, 0.5) is 24.7 Å². The van der Waals surface area contributed by atoms with Crippen LogP contribution in [0.5, 0.6) is 11.5 Å². The smallest absolute Gasteiger partial charge is 0.416 e. The molecule has 37 heavy (non-hydrogen) atoms. The second-order valence-corrected chi connectivity index (χ2v) is 8.91. The molecule has 2 heterocycles. The van der Waals surface area contributed by atoms with Gasteiger partial charge >= 0.3 is 6.18 Å². The number of rotatable bonds is 7. The van der Waals surface area contributed by atoms with Crippen molar-refractivity contribution in [1.82, 2.24) is 14.9 Å². The molecule has 1 aliphatic heterocycles. The van der Waals surface area contributed by atoms with Crippen molar-refractivity contribution < 1.29 is 32.2 Å². The number of benzene rings is 2. The molecular weight excluding hydrogens is 491 g/mol. The minimum atomic E-state index is -4.52. The standard InChI is InChI=1S/C25H28F3N5O4/c1-13(15-5-16(25(26,27)28)7-17(29)6-15)30-24-19-8-22(21(35-4)9-20(19)31-14(2)32-24)37-11-18-10-33(3)23(34)12-36-18/h5-9,13,18H,10-12,29H2,1-4H3,(H,30,31,32)/t13-,18-/m1/s1. The van der Waals surface area contributed by atoms with Crippen LogP contribution < -0.4 is 20.5 Å². The lowest BCUT2D eigenvalue weighted by Crippen LogP contribution is -2.46. The van der Waals surface area contributed by atoms with Crippen LogP contribution in [0.25, 0.3) is 10.9 Å². The van der Waals surface area contributed by atoms with Crippen molar-refractivity contribution in [3.63, 3.8) is 0 Å². The zero-order valence-electron chi connectivity index (χ0n) is 20.8. The van der Waals surface area contributed by atoms with Gasteiger partial charge in [-0.3, -0.25) is 4.79 Å². The van der Waals surface area contributed by atoms with Gasteiger partial charge in [-0.1, -0.05) is 0 Å². The van der Waals surface area contributed by atoms with Gasteiger partial charge in [0.15, 0.2) is 11.5 Å². The molecular formula is C25H28F3N5O4. The maximum Gasteiger partial charge on any atom is 0.416 e. The van der Waals surface area contributed by atoms with E-state index in [-0.39, 0.29) is 30.9 Å². The predicted octanol–water partition coefficient (Wildman–Crippen LogP) is 3.96. The topological polar surface area (TPSA) is 112 Å². The molecule has 2 atom stereocenters. The lowest BCUT2D eigenvalue weighted by atomic mass is 10.0. The normalized spacial score (nSPS) is 17.1. The van der Waals surface area contributed by atoms with Gasteiger partial charge in [0.05, 0.1) is 24.2 Å². The van der Waals surface area contributed by atoms with Crippen LogP contribution in [0.15, 0.2) is 30.3 Å². The molecule has 1 saturated heterocycles. The van der Waals surface area contributed by atoms with Crippen LogP contribution in [0.2, 0.25) is 0 Å². The average molecular weight is 520 g/mol. The number of morpholine rings is 1. The number of anilines is 2. The fraction of sp³-hybridized carbons (Fsp3) is 0.400. The fourth-order valence-electron chi connectivity index (χ4n) is 4.06. The molecule has 3 aromatic rings. The highest BCUT2D eigenvalue weighted by atomic mass is 19.4. The maximum absolute atomic E-state index is 13.3. The molecule has 0 unspecified atom stereocenters. The molecule has 1 fully saturated rings. The van der Waals surface area contributed by atoms with E-state index in [0.29, 0.717) is 46.2 Å². The molecule has 0 bridgehead atoms. The molecule has 3 N–H and O–H groups in total. The summed E-state index contributed by atoms with van der Waals surface area (Å²) in [5.41, 5.74) is 5.86. The van der Waals surface area contributed by atoms with Crippen molar-refractivity contribution >= 4 is 28.3 Å². The number of hydrogen-bond donors (Lipinski definition) is 2. The number of hydrogen-bond acceptors (Lipinski definition) is 8. The third-order valence-electron chi connectivity index (χ3n) is 6.02. The Kier molecular flexibility index (Phi) is 7.30. The lowest BCUT2D eigenvalue weighted by molar-refractivity contribution is -0.148. The largest absolute Gasteiger partial charge is 0.493 e. The highest BCUT2D eigenvalue weighted by Crippen LogP contribution is 2.37. The first-order valence-electron chi connectivity index (χ1n) is 11.5. The number of halogens is 3. The van der Waals surface area contributed by atoms with E-state index in [1.165, 1.54) is 13.2 Å². The quantitative estimate of drug-likeness (QED) is 0.452. The van der Waals surface area contributed by atoms with Crippen molar-refractivity contribution in [2.75, 3.05) is 45.0 Å². The van der Waals surface area contributed by atoms with Gasteiger partial charge in [-0.05, 0) is 43.7 Å². The van der Waals surface area contributed by atoms with E-state index in [1.807, 2.05) is 0 Å². The molecule has 0 radical (unpaired) electrons. The number of nitrogens with two attached hydrogens (primary N) is 1. The van der Waals surface area contributed by atoms with Gasteiger partial charge in [0.25, 0.3) is 0 Å². The molecule has 0 aliphatic carbocycles. The molecule has 0 spiro atoms. The van der Waals surface area contributed by atoms with Gasteiger partial charge < -0.3 is 30.2 Å². The third-order valence-corrected chi connectivity index (χ3v) is 6.02. The van der Waals surface area contributed by atoms with Crippen LogP contribution in [0.1, 0.15) is 29.9 Å². The first-order chi connectivity index (χ1) is 17.4. The summed E-state index contributed by atoms with van der Waals surface area (Å²) in [6.07, 6.45) is -4.84. The molecule has 4 rings (SSSR count). The molecule has 1 amide bonds. The lowest BCUT2D eigenvalue weighted by Gasteiger charge is -2.29. The Balaban J connectivity index is 1.64. The second-order valence-electron chi connectivity index (χ2n) is 8.91. The van der Waals surface area contributed by atoms with Crippen molar-refractivity contribution in [1.29, 1.82) is 0 Å². The number of carbonyl (C=O) groups is 1. The molecule has 9 nitrogen and oxygen atoms in total. The molecule has 2 aromatic carbocycles. The zero-order chi connectivity index (χ0) is 26.9. The van der Waals surface area contributed by atoms with Crippen LogP contribution in [0.3, 0.4) is 0 Å². The minimum absolute atomic E-state index is 0.0138. The number of carbonyl (C=O) groups excluding carboxylic acids is 1. The number of aryl methyl sites for hydroxylation is 1. The van der Waals surface area contributed by atoms with Crippen molar-refractivity contribution in [2.24, 2.45) is 0 Å². The van der Waals surface area contributed by atoms with Crippen LogP contribution in [0, 0.1) is 6.92 Å².